The number of rotatable bonds is 4. The Bertz CT molecular complexity index is 319. The first kappa shape index (κ1) is 8.27. The first-order valence-electron chi connectivity index (χ1n) is 4.50. The third-order valence-electron chi connectivity index (χ3n) is 2.17. The van der Waals surface area contributed by atoms with E-state index < -0.39 is 0 Å². The van der Waals surface area contributed by atoms with E-state index in [2.05, 4.69) is 16.4 Å². The molecule has 0 amide bonds. The fourth-order valence-corrected chi connectivity index (χ4v) is 1.25. The summed E-state index contributed by atoms with van der Waals surface area (Å²) in [6.45, 7) is 1.17. The van der Waals surface area contributed by atoms with Gasteiger partial charge in [-0.05, 0) is 12.8 Å². The predicted octanol–water partition coefficient (Wildman–Crippen LogP) is 0.659. The smallest absolute Gasteiger partial charge is 0.123 e. The molecule has 1 N–H and O–H groups in total. The fourth-order valence-electron chi connectivity index (χ4n) is 1.25. The highest BCUT2D eigenvalue weighted by Crippen LogP contribution is 2.18. The van der Waals surface area contributed by atoms with Crippen molar-refractivity contribution in [3.8, 4) is 6.07 Å². The monoisotopic (exact) mass is 176 g/mol. The lowest BCUT2D eigenvalue weighted by atomic mass is 10.5. The molecule has 0 spiro atoms. The van der Waals surface area contributed by atoms with E-state index in [0.29, 0.717) is 12.6 Å². The Morgan fingerprint density at radius 2 is 2.54 bits per heavy atom. The molecule has 0 atom stereocenters. The molecule has 0 bridgehead atoms. The number of nitrogens with one attached hydrogen (secondary N) is 1. The van der Waals surface area contributed by atoms with Crippen LogP contribution in [0.4, 0.5) is 0 Å². The number of hydrogen-bond acceptors (Lipinski definition) is 3. The van der Waals surface area contributed by atoms with Crippen molar-refractivity contribution in [1.82, 2.24) is 14.9 Å². The number of hydrogen-bond donors (Lipinski definition) is 1. The van der Waals surface area contributed by atoms with Crippen molar-refractivity contribution < 1.29 is 0 Å². The van der Waals surface area contributed by atoms with Crippen LogP contribution in [0.3, 0.4) is 0 Å². The van der Waals surface area contributed by atoms with Crippen LogP contribution in [0.2, 0.25) is 0 Å². The van der Waals surface area contributed by atoms with E-state index in [-0.39, 0.29) is 0 Å². The van der Waals surface area contributed by atoms with E-state index in [1.807, 2.05) is 10.8 Å². The van der Waals surface area contributed by atoms with Gasteiger partial charge in [0.25, 0.3) is 0 Å². The first-order chi connectivity index (χ1) is 6.40. The lowest BCUT2D eigenvalue weighted by molar-refractivity contribution is 0.624. The molecule has 0 radical (unpaired) electrons. The zero-order valence-electron chi connectivity index (χ0n) is 7.40. The molecule has 0 aliphatic heterocycles. The van der Waals surface area contributed by atoms with Gasteiger partial charge < -0.3 is 9.88 Å². The summed E-state index contributed by atoms with van der Waals surface area (Å²) in [4.78, 5) is 4.18. The van der Waals surface area contributed by atoms with Gasteiger partial charge in [-0.15, -0.1) is 0 Å². The third kappa shape index (κ3) is 2.07. The molecule has 13 heavy (non-hydrogen) atoms. The van der Waals surface area contributed by atoms with Crippen molar-refractivity contribution >= 4 is 0 Å². The first-order valence-corrected chi connectivity index (χ1v) is 4.50. The van der Waals surface area contributed by atoms with Gasteiger partial charge in [0.05, 0.1) is 12.6 Å². The minimum Gasteiger partial charge on any atom is -0.320 e. The lowest BCUT2D eigenvalue weighted by Crippen LogP contribution is -2.18. The second kappa shape index (κ2) is 3.58. The predicted molar refractivity (Wildman–Crippen MR) is 47.7 cm³/mol. The molecule has 4 nitrogen and oxygen atoms in total. The zero-order chi connectivity index (χ0) is 9.10. The standard InChI is InChI=1S/C9H12N4/c10-3-5-13-6-4-11-9(13)7-12-8-1-2-8/h4,6,8,12H,1-2,5,7H2. The molecule has 1 aromatic rings. The maximum absolute atomic E-state index is 8.53. The largest absolute Gasteiger partial charge is 0.320 e. The quantitative estimate of drug-likeness (QED) is 0.733. The molecule has 1 heterocycles. The van der Waals surface area contributed by atoms with Crippen LogP contribution in [-0.4, -0.2) is 15.6 Å². The summed E-state index contributed by atoms with van der Waals surface area (Å²) in [5.41, 5.74) is 0. The molecule has 0 unspecified atom stereocenters. The Kier molecular flexibility index (Phi) is 2.28. The van der Waals surface area contributed by atoms with E-state index in [0.717, 1.165) is 12.4 Å². The topological polar surface area (TPSA) is 53.6 Å². The maximum atomic E-state index is 8.53. The Balaban J connectivity index is 1.93. The Morgan fingerprint density at radius 3 is 3.23 bits per heavy atom. The molecular formula is C9H12N4. The van der Waals surface area contributed by atoms with Gasteiger partial charge in [-0.1, -0.05) is 0 Å². The molecule has 1 aliphatic rings. The molecule has 0 saturated heterocycles. The Morgan fingerprint density at radius 1 is 1.69 bits per heavy atom. The molecular weight excluding hydrogens is 164 g/mol. The average molecular weight is 176 g/mol. The van der Waals surface area contributed by atoms with Crippen molar-refractivity contribution in [2.45, 2.75) is 32.0 Å². The van der Waals surface area contributed by atoms with E-state index in [9.17, 15) is 0 Å². The number of nitriles is 1. The molecule has 68 valence electrons. The zero-order valence-corrected chi connectivity index (χ0v) is 7.40. The summed E-state index contributed by atoms with van der Waals surface area (Å²) in [6, 6.07) is 2.80. The van der Waals surface area contributed by atoms with Gasteiger partial charge in [-0.2, -0.15) is 5.26 Å². The van der Waals surface area contributed by atoms with Gasteiger partial charge >= 0.3 is 0 Å². The Hall–Kier alpha value is -1.34. The van der Waals surface area contributed by atoms with Crippen molar-refractivity contribution in [2.75, 3.05) is 0 Å². The molecule has 2 rings (SSSR count). The summed E-state index contributed by atoms with van der Waals surface area (Å²) < 4.78 is 1.87. The molecule has 1 saturated carbocycles. The highest BCUT2D eigenvalue weighted by Gasteiger charge is 2.20. The second-order valence-electron chi connectivity index (χ2n) is 3.28. The summed E-state index contributed by atoms with van der Waals surface area (Å²) in [7, 11) is 0. The van der Waals surface area contributed by atoms with Crippen LogP contribution in [0, 0.1) is 11.3 Å². The normalized spacial score (nSPS) is 15.6. The van der Waals surface area contributed by atoms with Crippen LogP contribution < -0.4 is 5.32 Å². The minimum absolute atomic E-state index is 0.391. The minimum atomic E-state index is 0.391. The molecule has 1 aromatic heterocycles. The van der Waals surface area contributed by atoms with Gasteiger partial charge in [0.2, 0.25) is 0 Å². The van der Waals surface area contributed by atoms with E-state index in [1.54, 1.807) is 6.20 Å². The molecule has 0 aromatic carbocycles. The lowest BCUT2D eigenvalue weighted by Gasteiger charge is -2.03. The maximum Gasteiger partial charge on any atom is 0.123 e. The van der Waals surface area contributed by atoms with E-state index in [4.69, 9.17) is 5.26 Å². The van der Waals surface area contributed by atoms with Gasteiger partial charge in [0.15, 0.2) is 0 Å². The highest BCUT2D eigenvalue weighted by atomic mass is 15.1. The van der Waals surface area contributed by atoms with Crippen LogP contribution in [0.1, 0.15) is 18.7 Å². The van der Waals surface area contributed by atoms with Crippen molar-refractivity contribution in [3.63, 3.8) is 0 Å². The second-order valence-corrected chi connectivity index (χ2v) is 3.28. The summed E-state index contributed by atoms with van der Waals surface area (Å²) in [5.74, 6) is 0.952. The van der Waals surface area contributed by atoms with Crippen LogP contribution in [0.15, 0.2) is 12.4 Å². The number of aromatic nitrogens is 2. The number of nitrogens with zero attached hydrogens (tertiary/aromatic N) is 3. The molecule has 4 heteroatoms. The third-order valence-corrected chi connectivity index (χ3v) is 2.17. The molecule has 1 aliphatic carbocycles. The van der Waals surface area contributed by atoms with Crippen LogP contribution in [-0.2, 0) is 13.1 Å². The average Bonchev–Trinajstić information content (AvgIpc) is 2.86. The summed E-state index contributed by atoms with van der Waals surface area (Å²) in [6.07, 6.45) is 6.13. The van der Waals surface area contributed by atoms with Crippen LogP contribution in [0.5, 0.6) is 0 Å². The SMILES string of the molecule is N#CCn1ccnc1CNC1CC1. The van der Waals surface area contributed by atoms with Gasteiger partial charge in [-0.25, -0.2) is 4.98 Å². The molecule has 1 fully saturated rings. The van der Waals surface area contributed by atoms with Crippen LogP contribution in [0.25, 0.3) is 0 Å². The highest BCUT2D eigenvalue weighted by molar-refractivity contribution is 4.96. The van der Waals surface area contributed by atoms with Crippen LogP contribution >= 0.6 is 0 Å². The van der Waals surface area contributed by atoms with Gasteiger partial charge in [0, 0.05) is 18.4 Å². The summed E-state index contributed by atoms with van der Waals surface area (Å²) in [5, 5.41) is 11.9. The van der Waals surface area contributed by atoms with Gasteiger partial charge in [-0.3, -0.25) is 0 Å². The van der Waals surface area contributed by atoms with Gasteiger partial charge in [0.1, 0.15) is 12.4 Å². The van der Waals surface area contributed by atoms with Crippen molar-refractivity contribution in [1.29, 1.82) is 5.26 Å². The number of imidazole rings is 1. The Labute approximate surface area is 77.2 Å². The van der Waals surface area contributed by atoms with Crippen molar-refractivity contribution in [2.24, 2.45) is 0 Å². The fraction of sp³-hybridized carbons (Fsp3) is 0.556. The van der Waals surface area contributed by atoms with E-state index in [1.165, 1.54) is 12.8 Å². The van der Waals surface area contributed by atoms with E-state index >= 15 is 0 Å². The van der Waals surface area contributed by atoms with Crippen molar-refractivity contribution in [3.05, 3.63) is 18.2 Å². The summed E-state index contributed by atoms with van der Waals surface area (Å²) >= 11 is 0.